The van der Waals surface area contributed by atoms with Gasteiger partial charge in [0.25, 0.3) is 0 Å². The van der Waals surface area contributed by atoms with Gasteiger partial charge >= 0.3 is 0 Å². The lowest BCUT2D eigenvalue weighted by atomic mass is 9.88. The smallest absolute Gasteiger partial charge is 0.137 e. The molecule has 0 saturated heterocycles. The summed E-state index contributed by atoms with van der Waals surface area (Å²) in [5.74, 6) is 1.16. The van der Waals surface area contributed by atoms with Gasteiger partial charge in [-0.25, -0.2) is 0 Å². The van der Waals surface area contributed by atoms with E-state index >= 15 is 0 Å². The first-order valence-corrected chi connectivity index (χ1v) is 10.2. The zero-order valence-electron chi connectivity index (χ0n) is 17.5. The molecule has 0 fully saturated rings. The lowest BCUT2D eigenvalue weighted by Gasteiger charge is -2.17. The van der Waals surface area contributed by atoms with Crippen LogP contribution in [0.4, 0.5) is 0 Å². The van der Waals surface area contributed by atoms with E-state index in [1.165, 1.54) is 21.6 Å². The summed E-state index contributed by atoms with van der Waals surface area (Å²) in [6.07, 6.45) is 0.907. The summed E-state index contributed by atoms with van der Waals surface area (Å²) >= 11 is 0. The highest BCUT2D eigenvalue weighted by atomic mass is 16.5. The number of nitrogens with one attached hydrogen (secondary N) is 1. The molecule has 0 radical (unpaired) electrons. The molecule has 150 valence electrons. The molecule has 0 atom stereocenters. The van der Waals surface area contributed by atoms with Gasteiger partial charge in [0.05, 0.1) is 14.1 Å². The number of likely N-dealkylation sites (N-methyl/N-ethyl adjacent to an activating group) is 1. The van der Waals surface area contributed by atoms with Crippen molar-refractivity contribution in [2.24, 2.45) is 0 Å². The van der Waals surface area contributed by atoms with Gasteiger partial charge in [-0.05, 0) is 58.5 Å². The van der Waals surface area contributed by atoms with Gasteiger partial charge in [-0.3, -0.25) is 0 Å². The minimum Gasteiger partial charge on any atom is -0.508 e. The Morgan fingerprint density at radius 3 is 1.93 bits per heavy atom. The molecule has 3 nitrogen and oxygen atoms in total. The van der Waals surface area contributed by atoms with Gasteiger partial charge in [-0.1, -0.05) is 61.5 Å². The number of phenolic OH excluding ortho intramolecular Hbond substituents is 1. The molecule has 0 heterocycles. The van der Waals surface area contributed by atoms with Crippen LogP contribution in [0.25, 0.3) is 11.1 Å². The fourth-order valence-corrected chi connectivity index (χ4v) is 3.40. The molecule has 3 heteroatoms. The Labute approximate surface area is 173 Å². The Hall–Kier alpha value is -3.04. The van der Waals surface area contributed by atoms with E-state index in [4.69, 9.17) is 4.74 Å². The number of aromatic hydroxyl groups is 1. The maximum Gasteiger partial charge on any atom is 0.137 e. The zero-order chi connectivity index (χ0) is 20.6. The van der Waals surface area contributed by atoms with Crippen LogP contribution in [0.3, 0.4) is 0 Å². The Bertz CT molecular complexity index is 927. The third-order valence-corrected chi connectivity index (χ3v) is 4.95. The number of hydrogen-bond acceptors (Lipinski definition) is 2. The summed E-state index contributed by atoms with van der Waals surface area (Å²) < 4.78 is 5.87. The van der Waals surface area contributed by atoms with Crippen LogP contribution in [0.5, 0.6) is 11.5 Å². The minimum absolute atomic E-state index is 0.276. The van der Waals surface area contributed by atoms with Crippen molar-refractivity contribution in [2.75, 3.05) is 27.2 Å². The van der Waals surface area contributed by atoms with E-state index < -0.39 is 0 Å². The number of hydrogen-bond donors (Lipinski definition) is 2. The monoisotopic (exact) mass is 388 g/mol. The van der Waals surface area contributed by atoms with Crippen LogP contribution in [0.2, 0.25) is 0 Å². The maximum atomic E-state index is 9.75. The minimum atomic E-state index is 0.276. The summed E-state index contributed by atoms with van der Waals surface area (Å²) in [6.45, 7) is 3.85. The van der Waals surface area contributed by atoms with Crippen molar-refractivity contribution in [1.82, 2.24) is 0 Å². The fourth-order valence-electron chi connectivity index (χ4n) is 3.40. The van der Waals surface area contributed by atoms with E-state index in [-0.39, 0.29) is 5.75 Å². The van der Waals surface area contributed by atoms with E-state index in [2.05, 4.69) is 57.4 Å². The first-order chi connectivity index (χ1) is 14.1. The van der Waals surface area contributed by atoms with E-state index in [9.17, 15) is 5.11 Å². The molecule has 3 aromatic carbocycles. The molecule has 0 aliphatic heterocycles. The second-order valence-corrected chi connectivity index (χ2v) is 7.45. The summed E-state index contributed by atoms with van der Waals surface area (Å²) in [4.78, 5) is 1.37. The quantitative estimate of drug-likeness (QED) is 0.565. The number of benzene rings is 3. The van der Waals surface area contributed by atoms with Crippen LogP contribution in [-0.2, 0) is 0 Å². The van der Waals surface area contributed by atoms with Crippen molar-refractivity contribution in [2.45, 2.75) is 13.3 Å². The predicted octanol–water partition coefficient (Wildman–Crippen LogP) is 4.28. The lowest BCUT2D eigenvalue weighted by Crippen LogP contribution is -3.06. The van der Waals surface area contributed by atoms with E-state index in [0.29, 0.717) is 6.61 Å². The van der Waals surface area contributed by atoms with Crippen molar-refractivity contribution >= 4 is 11.1 Å². The maximum absolute atomic E-state index is 9.75. The Morgan fingerprint density at radius 1 is 0.793 bits per heavy atom. The molecule has 3 rings (SSSR count). The fraction of sp³-hybridized carbons (Fsp3) is 0.231. The van der Waals surface area contributed by atoms with Gasteiger partial charge < -0.3 is 14.7 Å². The van der Waals surface area contributed by atoms with Crippen LogP contribution < -0.4 is 9.64 Å². The van der Waals surface area contributed by atoms with Crippen molar-refractivity contribution in [3.8, 4) is 11.5 Å². The van der Waals surface area contributed by atoms with Gasteiger partial charge in [0.15, 0.2) is 0 Å². The highest BCUT2D eigenvalue weighted by Gasteiger charge is 2.13. The van der Waals surface area contributed by atoms with Crippen LogP contribution in [-0.4, -0.2) is 32.4 Å². The van der Waals surface area contributed by atoms with Gasteiger partial charge in [0, 0.05) is 0 Å². The van der Waals surface area contributed by atoms with Gasteiger partial charge in [0.2, 0.25) is 0 Å². The molecular weight excluding hydrogens is 358 g/mol. The standard InChI is InChI=1S/C26H29NO2/c1-4-25(20-8-6-5-7-9-20)26(21-10-14-23(28)15-11-21)22-12-16-24(17-13-22)29-19-18-27(2)3/h5-17,28H,4,18-19H2,1-3H3/p+1/b26-25+. The summed E-state index contributed by atoms with van der Waals surface area (Å²) in [6, 6.07) is 26.3. The molecule has 0 aliphatic carbocycles. The molecule has 3 aromatic rings. The largest absolute Gasteiger partial charge is 0.508 e. The number of phenols is 1. The molecule has 0 amide bonds. The van der Waals surface area contributed by atoms with Gasteiger partial charge in [-0.2, -0.15) is 0 Å². The number of ether oxygens (including phenoxy) is 1. The predicted molar refractivity (Wildman–Crippen MR) is 120 cm³/mol. The second kappa shape index (κ2) is 9.94. The Kier molecular flexibility index (Phi) is 7.09. The molecule has 0 spiro atoms. The van der Waals surface area contributed by atoms with Crippen LogP contribution in [0, 0.1) is 0 Å². The van der Waals surface area contributed by atoms with E-state index in [0.717, 1.165) is 29.8 Å². The molecule has 0 unspecified atom stereocenters. The van der Waals surface area contributed by atoms with Crippen LogP contribution >= 0.6 is 0 Å². The van der Waals surface area contributed by atoms with Crippen molar-refractivity contribution in [1.29, 1.82) is 0 Å². The van der Waals surface area contributed by atoms with Gasteiger partial charge in [-0.15, -0.1) is 0 Å². The third kappa shape index (κ3) is 5.49. The van der Waals surface area contributed by atoms with E-state index in [1.807, 2.05) is 30.3 Å². The normalized spacial score (nSPS) is 12.0. The molecule has 2 N–H and O–H groups in total. The molecular formula is C26H30NO2+. The molecule has 0 aromatic heterocycles. The first-order valence-electron chi connectivity index (χ1n) is 10.2. The molecule has 0 bridgehead atoms. The molecule has 29 heavy (non-hydrogen) atoms. The van der Waals surface area contributed by atoms with Crippen molar-refractivity contribution in [3.05, 3.63) is 95.6 Å². The topological polar surface area (TPSA) is 33.9 Å². The Morgan fingerprint density at radius 2 is 1.38 bits per heavy atom. The number of allylic oxidation sites excluding steroid dienone is 1. The molecule has 0 saturated carbocycles. The van der Waals surface area contributed by atoms with Gasteiger partial charge in [0.1, 0.15) is 24.7 Å². The van der Waals surface area contributed by atoms with E-state index in [1.54, 1.807) is 12.1 Å². The van der Waals surface area contributed by atoms with Crippen LogP contribution in [0.15, 0.2) is 78.9 Å². The first kappa shape index (κ1) is 20.7. The third-order valence-electron chi connectivity index (χ3n) is 4.95. The number of quaternary nitrogens is 1. The van der Waals surface area contributed by atoms with Crippen molar-refractivity contribution < 1.29 is 14.7 Å². The summed E-state index contributed by atoms with van der Waals surface area (Å²) in [5, 5.41) is 9.75. The van der Waals surface area contributed by atoms with Crippen LogP contribution in [0.1, 0.15) is 30.0 Å². The average Bonchev–Trinajstić information content (AvgIpc) is 2.74. The average molecular weight is 389 g/mol. The van der Waals surface area contributed by atoms with Crippen molar-refractivity contribution in [3.63, 3.8) is 0 Å². The summed E-state index contributed by atoms with van der Waals surface area (Å²) in [7, 11) is 4.24. The number of rotatable bonds is 8. The zero-order valence-corrected chi connectivity index (χ0v) is 17.5. The molecule has 0 aliphatic rings. The highest BCUT2D eigenvalue weighted by Crippen LogP contribution is 2.35. The highest BCUT2D eigenvalue weighted by molar-refractivity contribution is 5.98. The summed E-state index contributed by atoms with van der Waals surface area (Å²) in [5.41, 5.74) is 5.91. The second-order valence-electron chi connectivity index (χ2n) is 7.45. The SMILES string of the molecule is CC/C(=C(/c1ccc(O)cc1)c1ccc(OCC[NH+](C)C)cc1)c1ccccc1. The Balaban J connectivity index is 2.02. The lowest BCUT2D eigenvalue weighted by molar-refractivity contribution is -0.858.